The minimum atomic E-state index is -1.07. The molecule has 104 valence electrons. The van der Waals surface area contributed by atoms with E-state index in [1.54, 1.807) is 34.6 Å². The van der Waals surface area contributed by atoms with Gasteiger partial charge < -0.3 is 19.5 Å². The van der Waals surface area contributed by atoms with Crippen LogP contribution < -0.4 is 0 Å². The van der Waals surface area contributed by atoms with Gasteiger partial charge in [-0.25, -0.2) is 9.59 Å². The number of morpholine rings is 1. The molecule has 0 aromatic rings. The Kier molecular flexibility index (Phi) is 3.90. The smallest absolute Gasteiger partial charge is 0.410 e. The van der Waals surface area contributed by atoms with Crippen LogP contribution in [-0.2, 0) is 14.3 Å². The first kappa shape index (κ1) is 14.8. The molecule has 1 amide bonds. The standard InChI is InChI=1S/C12H21NO5/c1-11(2,3)18-10(16)13-6-8(9(14)15)17-12(4,5)7-13/h8H,6-7H2,1-5H3,(H,14,15)/t8-/m1/s1. The first-order valence-electron chi connectivity index (χ1n) is 5.89. The van der Waals surface area contributed by atoms with Gasteiger partial charge in [-0.3, -0.25) is 0 Å². The number of ether oxygens (including phenoxy) is 2. The highest BCUT2D eigenvalue weighted by Crippen LogP contribution is 2.23. The van der Waals surface area contributed by atoms with E-state index in [4.69, 9.17) is 14.6 Å². The zero-order valence-corrected chi connectivity index (χ0v) is 11.5. The molecule has 0 aliphatic carbocycles. The third kappa shape index (κ3) is 4.18. The van der Waals surface area contributed by atoms with E-state index >= 15 is 0 Å². The average Bonchev–Trinajstić information content (AvgIpc) is 2.12. The van der Waals surface area contributed by atoms with Crippen LogP contribution in [-0.4, -0.2) is 52.5 Å². The Balaban J connectivity index is 2.76. The van der Waals surface area contributed by atoms with Crippen LogP contribution in [0.25, 0.3) is 0 Å². The second-order valence-electron chi connectivity index (χ2n) is 6.07. The lowest BCUT2D eigenvalue weighted by Gasteiger charge is -2.41. The van der Waals surface area contributed by atoms with Crippen LogP contribution >= 0.6 is 0 Å². The number of aliphatic carboxylic acids is 1. The molecular weight excluding hydrogens is 238 g/mol. The van der Waals surface area contributed by atoms with Gasteiger partial charge in [0, 0.05) is 0 Å². The number of hydrogen-bond acceptors (Lipinski definition) is 4. The molecule has 6 nitrogen and oxygen atoms in total. The molecule has 18 heavy (non-hydrogen) atoms. The van der Waals surface area contributed by atoms with Gasteiger partial charge >= 0.3 is 12.1 Å². The van der Waals surface area contributed by atoms with E-state index in [1.807, 2.05) is 0 Å². The third-order valence-corrected chi connectivity index (χ3v) is 2.35. The quantitative estimate of drug-likeness (QED) is 0.772. The highest BCUT2D eigenvalue weighted by molar-refractivity contribution is 5.75. The number of hydrogen-bond donors (Lipinski definition) is 1. The molecule has 1 saturated heterocycles. The molecule has 1 rings (SSSR count). The van der Waals surface area contributed by atoms with E-state index in [1.165, 1.54) is 4.90 Å². The molecule has 0 saturated carbocycles. The molecule has 0 spiro atoms. The molecule has 1 aliphatic heterocycles. The van der Waals surface area contributed by atoms with Crippen LogP contribution in [0.2, 0.25) is 0 Å². The van der Waals surface area contributed by atoms with Crippen LogP contribution in [0.15, 0.2) is 0 Å². The van der Waals surface area contributed by atoms with Gasteiger partial charge in [-0.2, -0.15) is 0 Å². The Morgan fingerprint density at radius 2 is 1.94 bits per heavy atom. The summed E-state index contributed by atoms with van der Waals surface area (Å²) in [7, 11) is 0. The normalized spacial score (nSPS) is 23.6. The van der Waals surface area contributed by atoms with Crippen molar-refractivity contribution in [2.24, 2.45) is 0 Å². The predicted molar refractivity (Wildman–Crippen MR) is 64.4 cm³/mol. The zero-order chi connectivity index (χ0) is 14.1. The number of amides is 1. The largest absolute Gasteiger partial charge is 0.479 e. The summed E-state index contributed by atoms with van der Waals surface area (Å²) >= 11 is 0. The maximum atomic E-state index is 11.9. The molecule has 6 heteroatoms. The Bertz CT molecular complexity index is 345. The number of carbonyl (C=O) groups excluding carboxylic acids is 1. The fourth-order valence-corrected chi connectivity index (χ4v) is 1.78. The number of carboxylic acid groups (broad SMARTS) is 1. The molecule has 0 radical (unpaired) electrons. The summed E-state index contributed by atoms with van der Waals surface area (Å²) in [5.74, 6) is -1.07. The van der Waals surface area contributed by atoms with Gasteiger partial charge in [-0.1, -0.05) is 0 Å². The van der Waals surface area contributed by atoms with Crippen molar-refractivity contribution in [1.82, 2.24) is 4.90 Å². The molecule has 1 heterocycles. The van der Waals surface area contributed by atoms with Gasteiger partial charge in [-0.05, 0) is 34.6 Å². The van der Waals surface area contributed by atoms with Crippen molar-refractivity contribution in [1.29, 1.82) is 0 Å². The Labute approximate surface area is 107 Å². The number of rotatable bonds is 1. The monoisotopic (exact) mass is 259 g/mol. The third-order valence-electron chi connectivity index (χ3n) is 2.35. The van der Waals surface area contributed by atoms with Crippen LogP contribution in [0.3, 0.4) is 0 Å². The van der Waals surface area contributed by atoms with E-state index < -0.39 is 29.4 Å². The van der Waals surface area contributed by atoms with Crippen LogP contribution in [0, 0.1) is 0 Å². The first-order chi connectivity index (χ1) is 8.00. The Hall–Kier alpha value is -1.30. The SMILES string of the molecule is CC(C)(C)OC(=O)N1C[C@H](C(=O)O)OC(C)(C)C1. The molecule has 1 N–H and O–H groups in total. The first-order valence-corrected chi connectivity index (χ1v) is 5.89. The van der Waals surface area contributed by atoms with Gasteiger partial charge in [0.15, 0.2) is 6.10 Å². The highest BCUT2D eigenvalue weighted by atomic mass is 16.6. The maximum Gasteiger partial charge on any atom is 0.410 e. The van der Waals surface area contributed by atoms with Crippen molar-refractivity contribution < 1.29 is 24.2 Å². The van der Waals surface area contributed by atoms with Gasteiger partial charge in [0.25, 0.3) is 0 Å². The summed E-state index contributed by atoms with van der Waals surface area (Å²) in [5, 5.41) is 9.00. The van der Waals surface area contributed by atoms with Crippen LogP contribution in [0.4, 0.5) is 4.79 Å². The number of carbonyl (C=O) groups is 2. The second kappa shape index (κ2) is 4.76. The molecule has 0 aromatic heterocycles. The number of nitrogens with zero attached hydrogens (tertiary/aromatic N) is 1. The van der Waals surface area contributed by atoms with Crippen LogP contribution in [0.1, 0.15) is 34.6 Å². The zero-order valence-electron chi connectivity index (χ0n) is 11.5. The van der Waals surface area contributed by atoms with E-state index in [-0.39, 0.29) is 6.54 Å². The van der Waals surface area contributed by atoms with E-state index in [0.29, 0.717) is 6.54 Å². The summed E-state index contributed by atoms with van der Waals surface area (Å²) in [6, 6.07) is 0. The molecule has 1 atom stereocenters. The molecule has 0 bridgehead atoms. The van der Waals surface area contributed by atoms with Crippen molar-refractivity contribution in [3.8, 4) is 0 Å². The molecule has 1 aliphatic rings. The second-order valence-corrected chi connectivity index (χ2v) is 6.07. The topological polar surface area (TPSA) is 76.1 Å². The molecule has 0 aromatic carbocycles. The minimum absolute atomic E-state index is 0.00762. The molecule has 0 unspecified atom stereocenters. The van der Waals surface area contributed by atoms with Crippen molar-refractivity contribution in [2.75, 3.05) is 13.1 Å². The van der Waals surface area contributed by atoms with Crippen molar-refractivity contribution >= 4 is 12.1 Å². The van der Waals surface area contributed by atoms with E-state index in [2.05, 4.69) is 0 Å². The predicted octanol–water partition coefficient (Wildman–Crippen LogP) is 1.49. The fourth-order valence-electron chi connectivity index (χ4n) is 1.78. The summed E-state index contributed by atoms with van der Waals surface area (Å²) in [4.78, 5) is 24.3. The summed E-state index contributed by atoms with van der Waals surface area (Å²) in [6.07, 6.45) is -1.52. The molecular formula is C12H21NO5. The van der Waals surface area contributed by atoms with Gasteiger partial charge in [-0.15, -0.1) is 0 Å². The average molecular weight is 259 g/mol. The lowest BCUT2D eigenvalue weighted by molar-refractivity contribution is -0.176. The van der Waals surface area contributed by atoms with Crippen molar-refractivity contribution in [2.45, 2.75) is 51.9 Å². The van der Waals surface area contributed by atoms with Gasteiger partial charge in [0.1, 0.15) is 5.60 Å². The maximum absolute atomic E-state index is 11.9. The summed E-state index contributed by atoms with van der Waals surface area (Å²) in [6.45, 7) is 9.12. The minimum Gasteiger partial charge on any atom is -0.479 e. The number of carboxylic acids is 1. The van der Waals surface area contributed by atoms with Crippen molar-refractivity contribution in [3.05, 3.63) is 0 Å². The molecule has 1 fully saturated rings. The fraction of sp³-hybridized carbons (Fsp3) is 0.833. The van der Waals surface area contributed by atoms with E-state index in [0.717, 1.165) is 0 Å². The summed E-state index contributed by atoms with van der Waals surface area (Å²) in [5.41, 5.74) is -1.30. The Morgan fingerprint density at radius 3 is 2.39 bits per heavy atom. The Morgan fingerprint density at radius 1 is 1.39 bits per heavy atom. The lowest BCUT2D eigenvalue weighted by Crippen LogP contribution is -2.57. The lowest BCUT2D eigenvalue weighted by atomic mass is 10.1. The van der Waals surface area contributed by atoms with Gasteiger partial charge in [0.2, 0.25) is 0 Å². The summed E-state index contributed by atoms with van der Waals surface area (Å²) < 4.78 is 10.6. The van der Waals surface area contributed by atoms with E-state index in [9.17, 15) is 9.59 Å². The van der Waals surface area contributed by atoms with Crippen LogP contribution in [0.5, 0.6) is 0 Å². The highest BCUT2D eigenvalue weighted by Gasteiger charge is 2.40. The van der Waals surface area contributed by atoms with Gasteiger partial charge in [0.05, 0.1) is 18.7 Å². The van der Waals surface area contributed by atoms with Crippen molar-refractivity contribution in [3.63, 3.8) is 0 Å².